The number of amides is 2. The lowest BCUT2D eigenvalue weighted by Crippen LogP contribution is -2.52. The number of hydrogen-bond acceptors (Lipinski definition) is 6. The van der Waals surface area contributed by atoms with E-state index in [-0.39, 0.29) is 10.5 Å². The van der Waals surface area contributed by atoms with E-state index in [1.807, 2.05) is 20.9 Å². The van der Waals surface area contributed by atoms with Crippen molar-refractivity contribution in [2.45, 2.75) is 77.3 Å². The summed E-state index contributed by atoms with van der Waals surface area (Å²) in [7, 11) is -2.72. The van der Waals surface area contributed by atoms with Crippen molar-refractivity contribution in [1.29, 1.82) is 0 Å². The topological polar surface area (TPSA) is 114 Å². The largest absolute Gasteiger partial charge is 0.740 e. The molecule has 3 aliphatic rings. The molecule has 2 aliphatic carbocycles. The molecule has 1 saturated heterocycles. The van der Waals surface area contributed by atoms with E-state index in [9.17, 15) is 18.4 Å². The normalized spacial score (nSPS) is 18.4. The van der Waals surface area contributed by atoms with E-state index in [2.05, 4.69) is 21.4 Å². The molecule has 0 saturated carbocycles. The molecule has 10 nitrogen and oxygen atoms in total. The van der Waals surface area contributed by atoms with Crippen LogP contribution in [-0.4, -0.2) is 59.8 Å². The lowest BCUT2D eigenvalue weighted by Gasteiger charge is -2.41. The number of piperidine rings is 1. The second-order valence-corrected chi connectivity index (χ2v) is 12.1. The molecule has 5 rings (SSSR count). The van der Waals surface area contributed by atoms with Crippen molar-refractivity contribution >= 4 is 27.6 Å². The maximum atomic E-state index is 13.7. The van der Waals surface area contributed by atoms with Crippen molar-refractivity contribution in [1.82, 2.24) is 19.1 Å². The average molecular weight is 516 g/mol. The molecule has 1 aliphatic heterocycles. The Morgan fingerprint density at radius 3 is 2.28 bits per heavy atom. The Hall–Kier alpha value is -2.63. The van der Waals surface area contributed by atoms with Gasteiger partial charge in [-0.15, -0.1) is 0 Å². The van der Waals surface area contributed by atoms with Gasteiger partial charge in [0, 0.05) is 24.0 Å². The van der Waals surface area contributed by atoms with Gasteiger partial charge in [-0.1, -0.05) is 6.07 Å². The van der Waals surface area contributed by atoms with Gasteiger partial charge in [-0.2, -0.15) is 13.5 Å². The van der Waals surface area contributed by atoms with E-state index in [1.165, 1.54) is 17.3 Å². The molecule has 1 aromatic heterocycles. The highest BCUT2D eigenvalue weighted by molar-refractivity contribution is 7.91. The number of anilines is 2. The average Bonchev–Trinajstić information content (AvgIpc) is 3.60. The lowest BCUT2D eigenvalue weighted by atomic mass is 9.99. The van der Waals surface area contributed by atoms with Gasteiger partial charge in [0.2, 0.25) is 0 Å². The number of nitrogens with zero attached hydrogens (tertiary/aromatic N) is 5. The Morgan fingerprint density at radius 2 is 1.72 bits per heavy atom. The molecule has 2 amide bonds. The molecule has 1 fully saturated rings. The molecule has 1 N–H and O–H groups in total. The zero-order valence-corrected chi connectivity index (χ0v) is 22.1. The Morgan fingerprint density at radius 1 is 1.11 bits per heavy atom. The second-order valence-electron chi connectivity index (χ2n) is 10.5. The van der Waals surface area contributed by atoms with Crippen LogP contribution in [0.4, 0.5) is 16.2 Å². The lowest BCUT2D eigenvalue weighted by molar-refractivity contribution is 0.242. The SMILES string of the molecule is CC(C)n1cc(N(C2CCN(C)CC2)S(=O)(=O)N([O-])C(=O)Nc2c3c(cc4c2CCC4)CCC3)cn1. The number of hydrogen-bond donors (Lipinski definition) is 1. The predicted octanol–water partition coefficient (Wildman–Crippen LogP) is 3.62. The minimum absolute atomic E-state index is 0.0229. The number of aromatic nitrogens is 2. The first-order chi connectivity index (χ1) is 17.2. The zero-order chi connectivity index (χ0) is 25.6. The standard InChI is InChI=1S/C25H35N6O4S/c1-17(2)29-16-21(15-26-29)30(20-10-12-28(3)13-11-20)36(34,35)31(33)25(32)27-24-22-8-4-6-18(22)14-19-7-5-9-23(19)24/h14-17,20H,4-13H2,1-3H3,(H,27,32)/q-1. The quantitative estimate of drug-likeness (QED) is 0.588. The second kappa shape index (κ2) is 9.68. The molecule has 196 valence electrons. The number of carbonyl (C=O) groups is 1. The van der Waals surface area contributed by atoms with Crippen LogP contribution < -0.4 is 9.62 Å². The van der Waals surface area contributed by atoms with Gasteiger partial charge in [0.1, 0.15) is 0 Å². The number of fused-ring (bicyclic) bond motifs is 2. The fraction of sp³-hybridized carbons (Fsp3) is 0.600. The first-order valence-electron chi connectivity index (χ1n) is 12.9. The zero-order valence-electron chi connectivity index (χ0n) is 21.2. The summed E-state index contributed by atoms with van der Waals surface area (Å²) in [5.41, 5.74) is 5.42. The summed E-state index contributed by atoms with van der Waals surface area (Å²) < 4.78 is 29.8. The third-order valence-corrected chi connectivity index (χ3v) is 9.31. The molecule has 1 aromatic carbocycles. The molecule has 2 heterocycles. The molecule has 36 heavy (non-hydrogen) atoms. The smallest absolute Gasteiger partial charge is 0.326 e. The highest BCUT2D eigenvalue weighted by Crippen LogP contribution is 2.39. The van der Waals surface area contributed by atoms with Crippen LogP contribution in [0.1, 0.15) is 67.8 Å². The third-order valence-electron chi connectivity index (χ3n) is 7.72. The van der Waals surface area contributed by atoms with E-state index in [0.717, 1.165) is 54.0 Å². The highest BCUT2D eigenvalue weighted by atomic mass is 32.2. The summed E-state index contributed by atoms with van der Waals surface area (Å²) >= 11 is 0. The minimum atomic E-state index is -4.70. The number of hydroxylamine groups is 1. The van der Waals surface area contributed by atoms with Gasteiger partial charge in [0.05, 0.1) is 11.9 Å². The van der Waals surface area contributed by atoms with E-state index in [0.29, 0.717) is 37.3 Å². The summed E-state index contributed by atoms with van der Waals surface area (Å²) in [6.45, 7) is 5.27. The fourth-order valence-electron chi connectivity index (χ4n) is 5.79. The van der Waals surface area contributed by atoms with Crippen LogP contribution in [0.3, 0.4) is 0 Å². The summed E-state index contributed by atoms with van der Waals surface area (Å²) in [6, 6.07) is 0.638. The molecule has 0 atom stereocenters. The van der Waals surface area contributed by atoms with Gasteiger partial charge in [-0.3, -0.25) is 9.15 Å². The van der Waals surface area contributed by atoms with E-state index in [1.54, 1.807) is 10.9 Å². The molecule has 0 spiro atoms. The number of urea groups is 1. The summed E-state index contributed by atoms with van der Waals surface area (Å²) in [5, 5.41) is 20.3. The van der Waals surface area contributed by atoms with Crippen molar-refractivity contribution in [2.75, 3.05) is 29.8 Å². The monoisotopic (exact) mass is 515 g/mol. The summed E-state index contributed by atoms with van der Waals surface area (Å²) in [5.74, 6) is 0. The van der Waals surface area contributed by atoms with Gasteiger partial charge in [-0.25, -0.2) is 9.10 Å². The van der Waals surface area contributed by atoms with Crippen LogP contribution in [0.5, 0.6) is 0 Å². The van der Waals surface area contributed by atoms with Gasteiger partial charge < -0.3 is 15.4 Å². The van der Waals surface area contributed by atoms with E-state index in [4.69, 9.17) is 0 Å². The van der Waals surface area contributed by atoms with Crippen LogP contribution >= 0.6 is 0 Å². The van der Waals surface area contributed by atoms with Crippen molar-refractivity contribution in [3.05, 3.63) is 45.9 Å². The Bertz CT molecular complexity index is 1220. The fourth-order valence-corrected chi connectivity index (χ4v) is 7.15. The predicted molar refractivity (Wildman–Crippen MR) is 139 cm³/mol. The van der Waals surface area contributed by atoms with Gasteiger partial charge in [0.15, 0.2) is 0 Å². The Kier molecular flexibility index (Phi) is 6.73. The van der Waals surface area contributed by atoms with Crippen molar-refractivity contribution in [3.8, 4) is 0 Å². The third kappa shape index (κ3) is 4.48. The van der Waals surface area contributed by atoms with Crippen molar-refractivity contribution in [2.24, 2.45) is 0 Å². The Balaban J connectivity index is 1.45. The van der Waals surface area contributed by atoms with Crippen molar-refractivity contribution < 1.29 is 13.2 Å². The number of nitrogens with one attached hydrogen (secondary N) is 1. The molecule has 11 heteroatoms. The minimum Gasteiger partial charge on any atom is -0.740 e. The maximum Gasteiger partial charge on any atom is 0.326 e. The maximum absolute atomic E-state index is 13.7. The Labute approximate surface area is 213 Å². The molecule has 0 unspecified atom stereocenters. The molecule has 0 bridgehead atoms. The summed E-state index contributed by atoms with van der Waals surface area (Å²) in [4.78, 5) is 15.3. The van der Waals surface area contributed by atoms with Gasteiger partial charge in [-0.05, 0) is 108 Å². The summed E-state index contributed by atoms with van der Waals surface area (Å²) in [6.07, 6.45) is 9.69. The number of aryl methyl sites for hydroxylation is 2. The van der Waals surface area contributed by atoms with Crippen molar-refractivity contribution in [3.63, 3.8) is 0 Å². The number of carbonyl (C=O) groups excluding carboxylic acids is 1. The first-order valence-corrected chi connectivity index (χ1v) is 14.3. The van der Waals surface area contributed by atoms with Crippen LogP contribution in [0.2, 0.25) is 0 Å². The van der Waals surface area contributed by atoms with Crippen LogP contribution in [0.15, 0.2) is 18.5 Å². The first kappa shape index (κ1) is 25.0. The van der Waals surface area contributed by atoms with Crippen LogP contribution in [0, 0.1) is 5.21 Å². The molecule has 2 aromatic rings. The number of benzene rings is 1. The van der Waals surface area contributed by atoms with E-state index < -0.39 is 22.3 Å². The van der Waals surface area contributed by atoms with E-state index >= 15 is 0 Å². The molecule has 0 radical (unpaired) electrons. The van der Waals surface area contributed by atoms with Crippen LogP contribution in [-0.2, 0) is 35.9 Å². The number of rotatable bonds is 6. The van der Waals surface area contributed by atoms with Gasteiger partial charge in [0.25, 0.3) is 0 Å². The molecular weight excluding hydrogens is 480 g/mol. The highest BCUT2D eigenvalue weighted by Gasteiger charge is 2.37. The van der Waals surface area contributed by atoms with Gasteiger partial charge >= 0.3 is 16.2 Å². The van der Waals surface area contributed by atoms with Crippen LogP contribution in [0.25, 0.3) is 0 Å². The molecular formula is C25H35N6O4S-. The number of likely N-dealkylation sites (tertiary alicyclic amines) is 1.